The van der Waals surface area contributed by atoms with Crippen LogP contribution in [0.25, 0.3) is 0 Å². The van der Waals surface area contributed by atoms with Crippen molar-refractivity contribution in [1.82, 2.24) is 5.43 Å². The molecule has 0 aliphatic rings. The number of nitrogens with zero attached hydrogens (tertiary/aromatic N) is 2. The van der Waals surface area contributed by atoms with E-state index < -0.39 is 10.8 Å². The lowest BCUT2D eigenvalue weighted by atomic mass is 10.1. The summed E-state index contributed by atoms with van der Waals surface area (Å²) in [6.07, 6.45) is 1.49. The summed E-state index contributed by atoms with van der Waals surface area (Å²) < 4.78 is 0. The van der Waals surface area contributed by atoms with E-state index in [9.17, 15) is 14.9 Å². The highest BCUT2D eigenvalue weighted by atomic mass is 32.1. The molecule has 0 spiro atoms. The van der Waals surface area contributed by atoms with E-state index in [0.29, 0.717) is 0 Å². The summed E-state index contributed by atoms with van der Waals surface area (Å²) in [7, 11) is 0. The Bertz CT molecular complexity index is 666. The first kappa shape index (κ1) is 13.9. The van der Waals surface area contributed by atoms with Gasteiger partial charge in [-0.25, -0.2) is 5.43 Å². The second-order valence-electron chi connectivity index (χ2n) is 3.99. The second-order valence-corrected chi connectivity index (χ2v) is 4.97. The predicted octanol–water partition coefficient (Wildman–Crippen LogP) is 2.73. The molecule has 0 saturated carbocycles. The van der Waals surface area contributed by atoms with Gasteiger partial charge in [-0.15, -0.1) is 11.3 Å². The lowest BCUT2D eigenvalue weighted by Gasteiger charge is -2.02. The van der Waals surface area contributed by atoms with Crippen molar-refractivity contribution in [2.45, 2.75) is 6.92 Å². The van der Waals surface area contributed by atoms with Crippen LogP contribution in [0.15, 0.2) is 40.8 Å². The van der Waals surface area contributed by atoms with Crippen LogP contribution in [-0.2, 0) is 0 Å². The molecule has 20 heavy (non-hydrogen) atoms. The maximum atomic E-state index is 11.9. The number of hydrogen-bond donors (Lipinski definition) is 1. The first-order chi connectivity index (χ1) is 9.58. The molecule has 1 heterocycles. The van der Waals surface area contributed by atoms with Crippen molar-refractivity contribution in [3.8, 4) is 0 Å². The van der Waals surface area contributed by atoms with Gasteiger partial charge in [0, 0.05) is 10.9 Å². The number of carbonyl (C=O) groups is 1. The number of amides is 1. The van der Waals surface area contributed by atoms with E-state index in [1.165, 1.54) is 29.7 Å². The van der Waals surface area contributed by atoms with Crippen LogP contribution in [-0.4, -0.2) is 17.0 Å². The Morgan fingerprint density at radius 2 is 2.25 bits per heavy atom. The van der Waals surface area contributed by atoms with Crippen molar-refractivity contribution in [2.75, 3.05) is 0 Å². The van der Waals surface area contributed by atoms with E-state index >= 15 is 0 Å². The molecule has 0 bridgehead atoms. The monoisotopic (exact) mass is 289 g/mol. The van der Waals surface area contributed by atoms with Gasteiger partial charge in [0.05, 0.1) is 11.1 Å². The van der Waals surface area contributed by atoms with Gasteiger partial charge in [-0.1, -0.05) is 12.1 Å². The van der Waals surface area contributed by atoms with Crippen LogP contribution < -0.4 is 5.43 Å². The number of hydrogen-bond acceptors (Lipinski definition) is 5. The van der Waals surface area contributed by atoms with Crippen LogP contribution in [0.4, 0.5) is 5.69 Å². The topological polar surface area (TPSA) is 84.6 Å². The highest BCUT2D eigenvalue weighted by Gasteiger charge is 2.19. The molecule has 1 aromatic heterocycles. The summed E-state index contributed by atoms with van der Waals surface area (Å²) in [5.74, 6) is -0.604. The van der Waals surface area contributed by atoms with Gasteiger partial charge in [0.1, 0.15) is 5.56 Å². The minimum atomic E-state index is -0.604. The molecule has 2 aromatic rings. The summed E-state index contributed by atoms with van der Waals surface area (Å²) in [6.45, 7) is 1.76. The third kappa shape index (κ3) is 3.27. The molecule has 1 aromatic carbocycles. The average Bonchev–Trinajstić information content (AvgIpc) is 2.91. The van der Waals surface area contributed by atoms with Crippen LogP contribution in [0.3, 0.4) is 0 Å². The number of nitro groups is 1. The van der Waals surface area contributed by atoms with Crippen LogP contribution in [0.1, 0.15) is 20.8 Å². The molecule has 0 aliphatic heterocycles. The van der Waals surface area contributed by atoms with Gasteiger partial charge in [0.15, 0.2) is 0 Å². The van der Waals surface area contributed by atoms with E-state index in [1.54, 1.807) is 13.0 Å². The van der Waals surface area contributed by atoms with Crippen molar-refractivity contribution >= 4 is 29.1 Å². The van der Waals surface area contributed by atoms with Gasteiger partial charge in [-0.2, -0.15) is 5.10 Å². The first-order valence-corrected chi connectivity index (χ1v) is 6.58. The smallest absolute Gasteiger partial charge is 0.267 e. The van der Waals surface area contributed by atoms with Crippen LogP contribution in [0.2, 0.25) is 0 Å². The van der Waals surface area contributed by atoms with E-state index in [4.69, 9.17) is 0 Å². The largest absolute Gasteiger partial charge is 0.282 e. The zero-order valence-corrected chi connectivity index (χ0v) is 11.4. The molecule has 0 unspecified atom stereocenters. The number of thiophene rings is 1. The minimum absolute atomic E-state index is 0.00155. The van der Waals surface area contributed by atoms with Crippen molar-refractivity contribution in [1.29, 1.82) is 0 Å². The first-order valence-electron chi connectivity index (χ1n) is 5.70. The lowest BCUT2D eigenvalue weighted by molar-refractivity contribution is -0.385. The molecule has 0 aliphatic carbocycles. The number of nitrogens with one attached hydrogen (secondary N) is 1. The zero-order chi connectivity index (χ0) is 14.5. The fourth-order valence-electron chi connectivity index (χ4n) is 1.57. The van der Waals surface area contributed by atoms with E-state index in [2.05, 4.69) is 10.5 Å². The van der Waals surface area contributed by atoms with Crippen molar-refractivity contribution < 1.29 is 9.72 Å². The van der Waals surface area contributed by atoms with Crippen LogP contribution >= 0.6 is 11.3 Å². The molecule has 0 saturated heterocycles. The number of carbonyl (C=O) groups excluding carboxylic acids is 1. The van der Waals surface area contributed by atoms with Gasteiger partial charge in [-0.05, 0) is 30.0 Å². The number of nitro benzene ring substituents is 1. The molecule has 6 nitrogen and oxygen atoms in total. The van der Waals surface area contributed by atoms with Crippen molar-refractivity contribution in [3.63, 3.8) is 0 Å². The number of rotatable bonds is 4. The summed E-state index contributed by atoms with van der Waals surface area (Å²) in [5, 5.41) is 16.6. The lowest BCUT2D eigenvalue weighted by Crippen LogP contribution is -2.19. The van der Waals surface area contributed by atoms with E-state index in [1.807, 2.05) is 17.5 Å². The fourth-order valence-corrected chi connectivity index (χ4v) is 2.16. The Labute approximate surface area is 118 Å². The summed E-state index contributed by atoms with van der Waals surface area (Å²) in [5.41, 5.74) is 2.82. The number of hydrazone groups is 1. The minimum Gasteiger partial charge on any atom is -0.267 e. The summed E-state index contributed by atoms with van der Waals surface area (Å²) in [4.78, 5) is 23.1. The highest BCUT2D eigenvalue weighted by Crippen LogP contribution is 2.19. The highest BCUT2D eigenvalue weighted by molar-refractivity contribution is 7.11. The molecular weight excluding hydrogens is 278 g/mol. The molecular formula is C13H11N3O3S. The van der Waals surface area contributed by atoms with Gasteiger partial charge < -0.3 is 0 Å². The van der Waals surface area contributed by atoms with Crippen molar-refractivity contribution in [3.05, 3.63) is 61.8 Å². The Balaban J connectivity index is 2.16. The van der Waals surface area contributed by atoms with E-state index in [0.717, 1.165) is 10.4 Å². The Hall–Kier alpha value is -2.54. The second kappa shape index (κ2) is 6.07. The molecule has 1 N–H and O–H groups in total. The third-order valence-electron chi connectivity index (χ3n) is 2.49. The molecule has 7 heteroatoms. The molecule has 0 fully saturated rings. The molecule has 0 radical (unpaired) electrons. The quantitative estimate of drug-likeness (QED) is 0.533. The van der Waals surface area contributed by atoms with Gasteiger partial charge in [0.25, 0.3) is 11.6 Å². The molecule has 1 amide bonds. The van der Waals surface area contributed by atoms with E-state index in [-0.39, 0.29) is 11.3 Å². The Kier molecular flexibility index (Phi) is 4.21. The summed E-state index contributed by atoms with van der Waals surface area (Å²) in [6, 6.07) is 8.07. The maximum Gasteiger partial charge on any atom is 0.282 e. The average molecular weight is 289 g/mol. The summed E-state index contributed by atoms with van der Waals surface area (Å²) >= 11 is 1.47. The molecule has 2 rings (SSSR count). The van der Waals surface area contributed by atoms with Crippen molar-refractivity contribution in [2.24, 2.45) is 5.10 Å². The number of aryl methyl sites for hydroxylation is 1. The Morgan fingerprint density at radius 1 is 1.45 bits per heavy atom. The SMILES string of the molecule is Cc1ccc([N+](=O)[O-])c(C(=O)NN=Cc2cccs2)c1. The fraction of sp³-hybridized carbons (Fsp3) is 0.0769. The standard InChI is InChI=1S/C13H11N3O3S/c1-9-4-5-12(16(18)19)11(7-9)13(17)15-14-8-10-3-2-6-20-10/h2-8H,1H3,(H,15,17). The maximum absolute atomic E-state index is 11.9. The van der Waals surface area contributed by atoms with Crippen LogP contribution in [0.5, 0.6) is 0 Å². The zero-order valence-electron chi connectivity index (χ0n) is 10.6. The molecule has 0 atom stereocenters. The Morgan fingerprint density at radius 3 is 2.90 bits per heavy atom. The van der Waals surface area contributed by atoms with Gasteiger partial charge in [-0.3, -0.25) is 14.9 Å². The predicted molar refractivity (Wildman–Crippen MR) is 77.2 cm³/mol. The number of benzene rings is 1. The van der Waals surface area contributed by atoms with Crippen LogP contribution in [0, 0.1) is 17.0 Å². The van der Waals surface area contributed by atoms with Gasteiger partial charge in [0.2, 0.25) is 0 Å². The normalized spacial score (nSPS) is 10.7. The van der Waals surface area contributed by atoms with Gasteiger partial charge >= 0.3 is 0 Å². The third-order valence-corrected chi connectivity index (χ3v) is 3.30. The molecule has 102 valence electrons.